The van der Waals surface area contributed by atoms with Gasteiger partial charge in [0.2, 0.25) is 0 Å². The SMILES string of the molecule is COc1c(CC2CCCCN2)ccc2sccc12. The Morgan fingerprint density at radius 3 is 3.06 bits per heavy atom. The van der Waals surface area contributed by atoms with Crippen LogP contribution in [0.15, 0.2) is 23.6 Å². The first-order chi connectivity index (χ1) is 8.88. The van der Waals surface area contributed by atoms with E-state index in [1.165, 1.54) is 34.9 Å². The van der Waals surface area contributed by atoms with E-state index in [1.807, 2.05) is 0 Å². The van der Waals surface area contributed by atoms with E-state index in [0.29, 0.717) is 6.04 Å². The Bertz CT molecular complexity index is 528. The van der Waals surface area contributed by atoms with Gasteiger partial charge in [-0.05, 0) is 48.9 Å². The molecular weight excluding hydrogens is 242 g/mol. The fraction of sp³-hybridized carbons (Fsp3) is 0.467. The van der Waals surface area contributed by atoms with Crippen molar-refractivity contribution >= 4 is 21.4 Å². The number of piperidine rings is 1. The molecule has 1 aromatic heterocycles. The van der Waals surface area contributed by atoms with Crippen molar-refractivity contribution in [1.82, 2.24) is 5.32 Å². The molecule has 0 amide bonds. The van der Waals surface area contributed by atoms with Crippen LogP contribution >= 0.6 is 11.3 Å². The van der Waals surface area contributed by atoms with Crippen LogP contribution in [-0.4, -0.2) is 19.7 Å². The van der Waals surface area contributed by atoms with E-state index in [0.717, 1.165) is 18.7 Å². The molecule has 1 unspecified atom stereocenters. The highest BCUT2D eigenvalue weighted by atomic mass is 32.1. The second-order valence-corrected chi connectivity index (χ2v) is 5.89. The van der Waals surface area contributed by atoms with Gasteiger partial charge in [0.1, 0.15) is 5.75 Å². The monoisotopic (exact) mass is 261 g/mol. The van der Waals surface area contributed by atoms with Gasteiger partial charge < -0.3 is 10.1 Å². The molecule has 1 aliphatic rings. The highest BCUT2D eigenvalue weighted by Crippen LogP contribution is 2.34. The molecule has 18 heavy (non-hydrogen) atoms. The number of nitrogens with one attached hydrogen (secondary N) is 1. The first kappa shape index (κ1) is 12.0. The van der Waals surface area contributed by atoms with Crippen LogP contribution < -0.4 is 10.1 Å². The van der Waals surface area contributed by atoms with E-state index in [9.17, 15) is 0 Å². The van der Waals surface area contributed by atoms with Crippen molar-refractivity contribution < 1.29 is 4.74 Å². The number of hydrogen-bond donors (Lipinski definition) is 1. The minimum Gasteiger partial charge on any atom is -0.496 e. The lowest BCUT2D eigenvalue weighted by molar-refractivity contribution is 0.384. The zero-order valence-electron chi connectivity index (χ0n) is 10.7. The van der Waals surface area contributed by atoms with Crippen molar-refractivity contribution in [3.8, 4) is 5.75 Å². The number of rotatable bonds is 3. The summed E-state index contributed by atoms with van der Waals surface area (Å²) in [4.78, 5) is 0. The Balaban J connectivity index is 1.90. The third-order valence-electron chi connectivity index (χ3n) is 3.75. The highest BCUT2D eigenvalue weighted by molar-refractivity contribution is 7.17. The number of ether oxygens (including phenoxy) is 1. The van der Waals surface area contributed by atoms with Gasteiger partial charge in [-0.1, -0.05) is 12.5 Å². The molecule has 3 heteroatoms. The third-order valence-corrected chi connectivity index (χ3v) is 4.63. The molecule has 0 spiro atoms. The van der Waals surface area contributed by atoms with Crippen molar-refractivity contribution in [2.75, 3.05) is 13.7 Å². The van der Waals surface area contributed by atoms with E-state index < -0.39 is 0 Å². The highest BCUT2D eigenvalue weighted by Gasteiger charge is 2.16. The molecule has 2 aromatic rings. The number of thiophene rings is 1. The molecule has 3 rings (SSSR count). The lowest BCUT2D eigenvalue weighted by atomic mass is 9.96. The largest absolute Gasteiger partial charge is 0.496 e. The summed E-state index contributed by atoms with van der Waals surface area (Å²) in [7, 11) is 1.78. The summed E-state index contributed by atoms with van der Waals surface area (Å²) in [6.45, 7) is 1.16. The van der Waals surface area contributed by atoms with E-state index in [-0.39, 0.29) is 0 Å². The standard InChI is InChI=1S/C15H19NOS/c1-17-15-11(10-12-4-2-3-8-16-12)5-6-14-13(15)7-9-18-14/h5-7,9,12,16H,2-4,8,10H2,1H3. The topological polar surface area (TPSA) is 21.3 Å². The van der Waals surface area contributed by atoms with Gasteiger partial charge in [0, 0.05) is 16.1 Å². The average molecular weight is 261 g/mol. The lowest BCUT2D eigenvalue weighted by Gasteiger charge is -2.24. The molecule has 0 saturated carbocycles. The number of benzene rings is 1. The van der Waals surface area contributed by atoms with Crippen LogP contribution in [0.5, 0.6) is 5.75 Å². The molecule has 1 fully saturated rings. The van der Waals surface area contributed by atoms with Gasteiger partial charge in [0.25, 0.3) is 0 Å². The number of fused-ring (bicyclic) bond motifs is 1. The van der Waals surface area contributed by atoms with Crippen LogP contribution in [0.1, 0.15) is 24.8 Å². The molecule has 1 saturated heterocycles. The summed E-state index contributed by atoms with van der Waals surface area (Å²) in [5.41, 5.74) is 1.34. The zero-order chi connectivity index (χ0) is 12.4. The van der Waals surface area contributed by atoms with Crippen molar-refractivity contribution in [3.05, 3.63) is 29.1 Å². The normalized spacial score (nSPS) is 20.2. The summed E-state index contributed by atoms with van der Waals surface area (Å²) in [6.07, 6.45) is 5.03. The summed E-state index contributed by atoms with van der Waals surface area (Å²) in [6, 6.07) is 7.23. The minimum atomic E-state index is 0.615. The molecule has 0 radical (unpaired) electrons. The molecule has 0 bridgehead atoms. The van der Waals surface area contributed by atoms with Gasteiger partial charge in [-0.25, -0.2) is 0 Å². The third kappa shape index (κ3) is 2.25. The first-order valence-electron chi connectivity index (χ1n) is 6.65. The van der Waals surface area contributed by atoms with Gasteiger partial charge in [0.05, 0.1) is 7.11 Å². The maximum absolute atomic E-state index is 5.64. The average Bonchev–Trinajstić information content (AvgIpc) is 2.88. The predicted molar refractivity (Wildman–Crippen MR) is 77.7 cm³/mol. The van der Waals surface area contributed by atoms with Crippen LogP contribution in [0, 0.1) is 0 Å². The molecular formula is C15H19NOS. The molecule has 0 aliphatic carbocycles. The van der Waals surface area contributed by atoms with E-state index in [4.69, 9.17) is 4.74 Å². The quantitative estimate of drug-likeness (QED) is 0.911. The van der Waals surface area contributed by atoms with E-state index in [2.05, 4.69) is 28.9 Å². The fourth-order valence-electron chi connectivity index (χ4n) is 2.83. The van der Waals surface area contributed by atoms with Crippen molar-refractivity contribution in [3.63, 3.8) is 0 Å². The molecule has 2 heterocycles. The number of hydrogen-bond acceptors (Lipinski definition) is 3. The van der Waals surface area contributed by atoms with Crippen LogP contribution in [-0.2, 0) is 6.42 Å². The zero-order valence-corrected chi connectivity index (χ0v) is 11.6. The summed E-state index contributed by atoms with van der Waals surface area (Å²) < 4.78 is 6.95. The number of methoxy groups -OCH3 is 1. The molecule has 1 aliphatic heterocycles. The smallest absolute Gasteiger partial charge is 0.130 e. The first-order valence-corrected chi connectivity index (χ1v) is 7.53. The van der Waals surface area contributed by atoms with Gasteiger partial charge in [0.15, 0.2) is 0 Å². The molecule has 2 nitrogen and oxygen atoms in total. The Morgan fingerprint density at radius 2 is 2.28 bits per heavy atom. The van der Waals surface area contributed by atoms with E-state index in [1.54, 1.807) is 18.4 Å². The molecule has 1 aromatic carbocycles. The predicted octanol–water partition coefficient (Wildman–Crippen LogP) is 3.59. The lowest BCUT2D eigenvalue weighted by Crippen LogP contribution is -2.35. The Hall–Kier alpha value is -1.06. The van der Waals surface area contributed by atoms with Gasteiger partial charge in [-0.3, -0.25) is 0 Å². The maximum atomic E-state index is 5.64. The second kappa shape index (κ2) is 5.29. The van der Waals surface area contributed by atoms with Gasteiger partial charge in [-0.15, -0.1) is 11.3 Å². The summed E-state index contributed by atoms with van der Waals surface area (Å²) >= 11 is 1.78. The van der Waals surface area contributed by atoms with Gasteiger partial charge in [-0.2, -0.15) is 0 Å². The van der Waals surface area contributed by atoms with Crippen LogP contribution in [0.2, 0.25) is 0 Å². The molecule has 1 N–H and O–H groups in total. The van der Waals surface area contributed by atoms with Crippen LogP contribution in [0.4, 0.5) is 0 Å². The molecule has 1 atom stereocenters. The fourth-order valence-corrected chi connectivity index (χ4v) is 3.61. The Labute approximate surface area is 112 Å². The van der Waals surface area contributed by atoms with Gasteiger partial charge >= 0.3 is 0 Å². The second-order valence-electron chi connectivity index (χ2n) is 4.94. The van der Waals surface area contributed by atoms with Crippen LogP contribution in [0.25, 0.3) is 10.1 Å². The van der Waals surface area contributed by atoms with Crippen LogP contribution in [0.3, 0.4) is 0 Å². The minimum absolute atomic E-state index is 0.615. The molecule has 96 valence electrons. The Morgan fingerprint density at radius 1 is 1.33 bits per heavy atom. The van der Waals surface area contributed by atoms with Crippen molar-refractivity contribution in [2.24, 2.45) is 0 Å². The Kier molecular flexibility index (Phi) is 3.52. The van der Waals surface area contributed by atoms with Crippen molar-refractivity contribution in [1.29, 1.82) is 0 Å². The summed E-state index contributed by atoms with van der Waals surface area (Å²) in [5.74, 6) is 1.07. The van der Waals surface area contributed by atoms with Crippen molar-refractivity contribution in [2.45, 2.75) is 31.7 Å². The van der Waals surface area contributed by atoms with E-state index >= 15 is 0 Å². The maximum Gasteiger partial charge on any atom is 0.130 e. The summed E-state index contributed by atoms with van der Waals surface area (Å²) in [5, 5.41) is 7.00.